The molecule has 4 aromatic rings. The Bertz CT molecular complexity index is 1170. The standard InChI is InChI=1S/C24H19ClN4OS/c25-19-12-7-13-20(16-19)26-21(30)14-15-31-24-27-22(17-8-3-1-4-9-17)23(28-29-24)18-10-5-2-6-11-18/h1-13,16H,14-15H2,(H,26,30). The number of amides is 1. The molecule has 0 fully saturated rings. The van der Waals surface area contributed by atoms with Gasteiger partial charge in [-0.3, -0.25) is 4.79 Å². The Morgan fingerprint density at radius 2 is 1.52 bits per heavy atom. The van der Waals surface area contributed by atoms with E-state index in [0.717, 1.165) is 22.5 Å². The van der Waals surface area contributed by atoms with Gasteiger partial charge in [-0.25, -0.2) is 4.98 Å². The topological polar surface area (TPSA) is 67.8 Å². The number of anilines is 1. The van der Waals surface area contributed by atoms with E-state index in [4.69, 9.17) is 16.6 Å². The minimum absolute atomic E-state index is 0.0908. The molecule has 1 amide bonds. The first-order chi connectivity index (χ1) is 15.2. The third-order valence-electron chi connectivity index (χ3n) is 4.43. The van der Waals surface area contributed by atoms with Crippen LogP contribution in [0.3, 0.4) is 0 Å². The molecule has 4 rings (SSSR count). The number of hydrogen-bond acceptors (Lipinski definition) is 5. The Kier molecular flexibility index (Phi) is 6.92. The minimum atomic E-state index is -0.0908. The summed E-state index contributed by atoms with van der Waals surface area (Å²) in [6.07, 6.45) is 0.321. The van der Waals surface area contributed by atoms with E-state index in [-0.39, 0.29) is 5.91 Å². The van der Waals surface area contributed by atoms with Crippen LogP contribution in [-0.2, 0) is 4.79 Å². The summed E-state index contributed by atoms with van der Waals surface area (Å²) in [6, 6.07) is 26.9. The highest BCUT2D eigenvalue weighted by molar-refractivity contribution is 7.99. The molecule has 1 heterocycles. The van der Waals surface area contributed by atoms with Gasteiger partial charge < -0.3 is 5.32 Å². The zero-order valence-corrected chi connectivity index (χ0v) is 18.1. The molecule has 0 aliphatic rings. The van der Waals surface area contributed by atoms with Crippen LogP contribution in [-0.4, -0.2) is 26.8 Å². The molecule has 31 heavy (non-hydrogen) atoms. The van der Waals surface area contributed by atoms with E-state index < -0.39 is 0 Å². The highest BCUT2D eigenvalue weighted by Gasteiger charge is 2.14. The Morgan fingerprint density at radius 1 is 0.839 bits per heavy atom. The molecule has 1 aromatic heterocycles. The molecule has 0 bridgehead atoms. The van der Waals surface area contributed by atoms with E-state index in [0.29, 0.717) is 28.0 Å². The smallest absolute Gasteiger partial charge is 0.225 e. The molecule has 3 aromatic carbocycles. The quantitative estimate of drug-likeness (QED) is 0.353. The summed E-state index contributed by atoms with van der Waals surface area (Å²) in [7, 11) is 0. The average Bonchev–Trinajstić information content (AvgIpc) is 2.80. The summed E-state index contributed by atoms with van der Waals surface area (Å²) in [5.74, 6) is 0.444. The molecule has 0 atom stereocenters. The molecule has 7 heteroatoms. The SMILES string of the molecule is O=C(CCSc1nnc(-c2ccccc2)c(-c2ccccc2)n1)Nc1cccc(Cl)c1. The predicted octanol–water partition coefficient (Wildman–Crippen LogP) is 5.98. The van der Waals surface area contributed by atoms with Gasteiger partial charge in [0.25, 0.3) is 0 Å². The number of aromatic nitrogens is 3. The summed E-state index contributed by atoms with van der Waals surface area (Å²) in [5, 5.41) is 12.7. The van der Waals surface area contributed by atoms with Crippen molar-refractivity contribution < 1.29 is 4.79 Å². The van der Waals surface area contributed by atoms with Crippen LogP contribution in [0.15, 0.2) is 90.1 Å². The number of rotatable bonds is 7. The van der Waals surface area contributed by atoms with Crippen molar-refractivity contribution in [3.05, 3.63) is 90.0 Å². The van der Waals surface area contributed by atoms with Crippen molar-refractivity contribution in [2.75, 3.05) is 11.1 Å². The van der Waals surface area contributed by atoms with Gasteiger partial charge in [-0.2, -0.15) is 0 Å². The van der Waals surface area contributed by atoms with Crippen molar-refractivity contribution in [3.8, 4) is 22.5 Å². The predicted molar refractivity (Wildman–Crippen MR) is 126 cm³/mol. The fourth-order valence-corrected chi connectivity index (χ4v) is 3.90. The lowest BCUT2D eigenvalue weighted by atomic mass is 10.0. The Morgan fingerprint density at radius 3 is 2.19 bits per heavy atom. The molecular weight excluding hydrogens is 428 g/mol. The van der Waals surface area contributed by atoms with Crippen LogP contribution in [0.1, 0.15) is 6.42 Å². The molecule has 0 saturated carbocycles. The summed E-state index contributed by atoms with van der Waals surface area (Å²) in [5.41, 5.74) is 4.11. The van der Waals surface area contributed by atoms with Crippen LogP contribution in [0.2, 0.25) is 5.02 Å². The second kappa shape index (κ2) is 10.2. The van der Waals surface area contributed by atoms with E-state index in [1.165, 1.54) is 11.8 Å². The highest BCUT2D eigenvalue weighted by Crippen LogP contribution is 2.29. The lowest BCUT2D eigenvalue weighted by Crippen LogP contribution is -2.12. The lowest BCUT2D eigenvalue weighted by molar-refractivity contribution is -0.115. The molecule has 0 saturated heterocycles. The van der Waals surface area contributed by atoms with Gasteiger partial charge in [0.05, 0.1) is 0 Å². The summed E-state index contributed by atoms with van der Waals surface area (Å²) in [6.45, 7) is 0. The highest BCUT2D eigenvalue weighted by atomic mass is 35.5. The van der Waals surface area contributed by atoms with Crippen LogP contribution in [0.4, 0.5) is 5.69 Å². The number of carbonyl (C=O) groups is 1. The normalized spacial score (nSPS) is 10.6. The lowest BCUT2D eigenvalue weighted by Gasteiger charge is -2.09. The van der Waals surface area contributed by atoms with Gasteiger partial charge in [-0.05, 0) is 18.2 Å². The van der Waals surface area contributed by atoms with E-state index in [9.17, 15) is 4.79 Å². The zero-order valence-electron chi connectivity index (χ0n) is 16.5. The number of nitrogens with one attached hydrogen (secondary N) is 1. The van der Waals surface area contributed by atoms with Crippen molar-refractivity contribution >= 4 is 35.0 Å². The molecule has 0 radical (unpaired) electrons. The second-order valence-corrected chi connectivity index (χ2v) is 8.18. The molecule has 5 nitrogen and oxygen atoms in total. The summed E-state index contributed by atoms with van der Waals surface area (Å²) >= 11 is 7.36. The maximum atomic E-state index is 12.2. The van der Waals surface area contributed by atoms with Crippen molar-refractivity contribution in [2.45, 2.75) is 11.6 Å². The van der Waals surface area contributed by atoms with Crippen LogP contribution >= 0.6 is 23.4 Å². The zero-order chi connectivity index (χ0) is 21.5. The Balaban J connectivity index is 1.47. The first kappa shape index (κ1) is 21.0. The Labute approximate surface area is 189 Å². The van der Waals surface area contributed by atoms with E-state index in [1.54, 1.807) is 24.3 Å². The van der Waals surface area contributed by atoms with Gasteiger partial charge in [0.2, 0.25) is 11.1 Å². The Hall–Kier alpha value is -3.22. The van der Waals surface area contributed by atoms with Gasteiger partial charge in [-0.15, -0.1) is 10.2 Å². The largest absolute Gasteiger partial charge is 0.326 e. The number of nitrogens with zero attached hydrogens (tertiary/aromatic N) is 3. The number of carbonyl (C=O) groups excluding carboxylic acids is 1. The molecule has 0 spiro atoms. The molecule has 1 N–H and O–H groups in total. The van der Waals surface area contributed by atoms with Crippen molar-refractivity contribution in [3.63, 3.8) is 0 Å². The maximum absolute atomic E-state index is 12.2. The van der Waals surface area contributed by atoms with Crippen molar-refractivity contribution in [1.82, 2.24) is 15.2 Å². The van der Waals surface area contributed by atoms with Gasteiger partial charge in [-0.1, -0.05) is 90.1 Å². The second-order valence-electron chi connectivity index (χ2n) is 6.68. The number of thioether (sulfide) groups is 1. The monoisotopic (exact) mass is 446 g/mol. The van der Waals surface area contributed by atoms with E-state index in [2.05, 4.69) is 15.5 Å². The molecule has 0 aliphatic heterocycles. The summed E-state index contributed by atoms with van der Waals surface area (Å²) < 4.78 is 0. The van der Waals surface area contributed by atoms with Crippen LogP contribution in [0.25, 0.3) is 22.5 Å². The van der Waals surface area contributed by atoms with Crippen LogP contribution < -0.4 is 5.32 Å². The molecular formula is C24H19ClN4OS. The fourth-order valence-electron chi connectivity index (χ4n) is 2.98. The van der Waals surface area contributed by atoms with Crippen LogP contribution in [0, 0.1) is 0 Å². The van der Waals surface area contributed by atoms with E-state index in [1.807, 2.05) is 60.7 Å². The third kappa shape index (κ3) is 5.69. The van der Waals surface area contributed by atoms with Gasteiger partial charge in [0, 0.05) is 34.0 Å². The molecule has 0 aliphatic carbocycles. The van der Waals surface area contributed by atoms with E-state index >= 15 is 0 Å². The van der Waals surface area contributed by atoms with Gasteiger partial charge >= 0.3 is 0 Å². The minimum Gasteiger partial charge on any atom is -0.326 e. The first-order valence-corrected chi connectivity index (χ1v) is 11.1. The van der Waals surface area contributed by atoms with Crippen molar-refractivity contribution in [1.29, 1.82) is 0 Å². The van der Waals surface area contributed by atoms with Crippen molar-refractivity contribution in [2.24, 2.45) is 0 Å². The number of hydrogen-bond donors (Lipinski definition) is 1. The molecule has 0 unspecified atom stereocenters. The number of halogens is 1. The van der Waals surface area contributed by atoms with Gasteiger partial charge in [0.15, 0.2) is 0 Å². The average molecular weight is 447 g/mol. The molecule has 154 valence electrons. The van der Waals surface area contributed by atoms with Gasteiger partial charge in [0.1, 0.15) is 11.4 Å². The van der Waals surface area contributed by atoms with Crippen LogP contribution in [0.5, 0.6) is 0 Å². The summed E-state index contributed by atoms with van der Waals surface area (Å²) in [4.78, 5) is 17.0. The third-order valence-corrected chi connectivity index (χ3v) is 5.50. The number of benzene rings is 3. The maximum Gasteiger partial charge on any atom is 0.225 e. The fraction of sp³-hybridized carbons (Fsp3) is 0.0833. The first-order valence-electron chi connectivity index (χ1n) is 9.73.